The Morgan fingerprint density at radius 1 is 0.647 bits per heavy atom. The highest BCUT2D eigenvalue weighted by Gasteiger charge is 2.28. The highest BCUT2D eigenvalue weighted by atomic mass is 32.2. The Hall–Kier alpha value is -5.01. The molecule has 51 heavy (non-hydrogen) atoms. The molecular formula is C28H23N5O14S4. The second kappa shape index (κ2) is 13.3. The molecule has 0 aromatic heterocycles. The molecule has 1 aliphatic carbocycles. The highest BCUT2D eigenvalue weighted by Crippen LogP contribution is 2.39. The maximum atomic E-state index is 12.5. The molecule has 0 unspecified atom stereocenters. The second-order valence-corrected chi connectivity index (χ2v) is 16.4. The highest BCUT2D eigenvalue weighted by molar-refractivity contribution is 7.95. The van der Waals surface area contributed by atoms with Gasteiger partial charge in [-0.15, -0.1) is 15.3 Å². The van der Waals surface area contributed by atoms with E-state index in [2.05, 4.69) is 25.8 Å². The average molecular weight is 782 g/mol. The van der Waals surface area contributed by atoms with Gasteiger partial charge in [-0.2, -0.15) is 38.8 Å². The van der Waals surface area contributed by atoms with Crippen molar-refractivity contribution < 1.29 is 61.8 Å². The molecule has 4 aromatic rings. The number of phenolic OH excluding ortho intramolecular Hbond substituents is 1. The van der Waals surface area contributed by atoms with E-state index < -0.39 is 94.3 Å². The van der Waals surface area contributed by atoms with Crippen LogP contribution in [0.25, 0.3) is 21.4 Å². The van der Waals surface area contributed by atoms with E-state index in [1.807, 2.05) is 0 Å². The summed E-state index contributed by atoms with van der Waals surface area (Å²) >= 11 is 0. The Kier molecular flexibility index (Phi) is 9.69. The number of nitrogens with one attached hydrogen (secondary N) is 1. The maximum absolute atomic E-state index is 12.5. The third-order valence-corrected chi connectivity index (χ3v) is 10.9. The average Bonchev–Trinajstić information content (AvgIpc) is 3.01. The first-order valence-corrected chi connectivity index (χ1v) is 19.6. The lowest BCUT2D eigenvalue weighted by molar-refractivity contribution is -0.117. The van der Waals surface area contributed by atoms with Crippen LogP contribution in [0.4, 0.5) is 22.7 Å². The zero-order valence-electron chi connectivity index (χ0n) is 25.5. The number of benzene rings is 4. The molecule has 6 N–H and O–H groups in total. The smallest absolute Gasteiger partial charge is 0.296 e. The molecule has 0 heterocycles. The molecule has 0 bridgehead atoms. The normalized spacial score (nSPS) is 14.4. The van der Waals surface area contributed by atoms with Crippen molar-refractivity contribution in [2.24, 2.45) is 20.5 Å². The molecule has 0 aliphatic heterocycles. The standard InChI is InChI=1S/C28H23N5O14S4/c1-14(34)29-23-10-11-24(50(42,43)44)20-13-25(51(45,46)47)27(28(35)26(20)23)33-32-22-9-8-21(18-7-6-17(12-19(18)22)49(39,40)41)31-30-15-2-4-16(5-3-15)48(36,37)38/h2-9,12-13,35H,10-11H2,1H3,(H,29,34)(H,36,37,38)(H,39,40,41)(H,42,43,44)(H,45,46,47). The van der Waals surface area contributed by atoms with E-state index in [4.69, 9.17) is 0 Å². The summed E-state index contributed by atoms with van der Waals surface area (Å²) in [6.07, 6.45) is -0.671. The summed E-state index contributed by atoms with van der Waals surface area (Å²) in [6.45, 7) is 1.10. The van der Waals surface area contributed by atoms with Crippen molar-refractivity contribution in [2.75, 3.05) is 0 Å². The predicted molar refractivity (Wildman–Crippen MR) is 177 cm³/mol. The molecule has 23 heteroatoms. The summed E-state index contributed by atoms with van der Waals surface area (Å²) in [7, 11) is -19.6. The first-order chi connectivity index (χ1) is 23.6. The fraction of sp³-hybridized carbons (Fsp3) is 0.107. The van der Waals surface area contributed by atoms with Gasteiger partial charge in [0.25, 0.3) is 40.5 Å². The molecule has 0 fully saturated rings. The van der Waals surface area contributed by atoms with Gasteiger partial charge in [-0.1, -0.05) is 6.07 Å². The molecule has 5 rings (SSSR count). The van der Waals surface area contributed by atoms with E-state index in [-0.39, 0.29) is 40.0 Å². The Bertz CT molecular complexity index is 2800. The first-order valence-electron chi connectivity index (χ1n) is 13.9. The minimum Gasteiger partial charge on any atom is -0.505 e. The fourth-order valence-corrected chi connectivity index (χ4v) is 7.52. The zero-order valence-corrected chi connectivity index (χ0v) is 28.8. The van der Waals surface area contributed by atoms with Crippen molar-refractivity contribution in [1.82, 2.24) is 5.32 Å². The summed E-state index contributed by atoms with van der Waals surface area (Å²) in [5, 5.41) is 28.6. The molecule has 0 saturated heterocycles. The van der Waals surface area contributed by atoms with Crippen LogP contribution in [-0.4, -0.2) is 62.9 Å². The van der Waals surface area contributed by atoms with Gasteiger partial charge in [0.15, 0.2) is 5.75 Å². The predicted octanol–water partition coefficient (Wildman–Crippen LogP) is 3.15. The second-order valence-electron chi connectivity index (χ2n) is 10.7. The van der Waals surface area contributed by atoms with E-state index in [1.54, 1.807) is 0 Å². The van der Waals surface area contributed by atoms with Crippen LogP contribution in [-0.2, 0) is 45.3 Å². The van der Waals surface area contributed by atoms with E-state index >= 15 is 0 Å². The third kappa shape index (κ3) is 7.99. The number of carbonyl (C=O) groups excluding carboxylic acids is 1. The monoisotopic (exact) mass is 781 g/mol. The Morgan fingerprint density at radius 3 is 1.76 bits per heavy atom. The summed E-state index contributed by atoms with van der Waals surface area (Å²) < 4.78 is 135. The fourth-order valence-electron chi connectivity index (χ4n) is 5.09. The quantitative estimate of drug-likeness (QED) is 0.105. The van der Waals surface area contributed by atoms with Crippen LogP contribution in [0.15, 0.2) is 95.8 Å². The van der Waals surface area contributed by atoms with Crippen molar-refractivity contribution >= 4 is 90.5 Å². The van der Waals surface area contributed by atoms with Crippen LogP contribution in [0, 0.1) is 0 Å². The molecule has 1 amide bonds. The third-order valence-electron chi connectivity index (χ3n) is 7.27. The zero-order chi connectivity index (χ0) is 37.7. The SMILES string of the molecule is CC(=O)NC1=c2c(O)c(N=Nc3ccc(N=Nc4ccc(S(=O)(=O)O)cc4)c4ccc(S(=O)(=O)O)cc34)c(S(=O)(=O)O)cc2=C(S(=O)(=O)O)CC1. The molecule has 0 spiro atoms. The molecule has 1 aliphatic rings. The van der Waals surface area contributed by atoms with Crippen LogP contribution in [0.2, 0.25) is 0 Å². The number of nitrogens with zero attached hydrogens (tertiary/aromatic N) is 4. The minimum absolute atomic E-state index is 0.0720. The van der Waals surface area contributed by atoms with E-state index in [1.165, 1.54) is 30.3 Å². The number of aromatic hydroxyl groups is 1. The molecule has 0 saturated carbocycles. The van der Waals surface area contributed by atoms with Crippen molar-refractivity contribution in [3.05, 3.63) is 71.1 Å². The van der Waals surface area contributed by atoms with Gasteiger partial charge in [-0.25, -0.2) is 0 Å². The number of azo groups is 2. The maximum Gasteiger partial charge on any atom is 0.296 e. The first kappa shape index (κ1) is 37.3. The number of phenols is 1. The van der Waals surface area contributed by atoms with Crippen LogP contribution in [0.3, 0.4) is 0 Å². The van der Waals surface area contributed by atoms with Crippen LogP contribution < -0.4 is 15.8 Å². The van der Waals surface area contributed by atoms with Crippen LogP contribution in [0.1, 0.15) is 19.8 Å². The molecule has 19 nitrogen and oxygen atoms in total. The van der Waals surface area contributed by atoms with Gasteiger partial charge in [0.1, 0.15) is 10.6 Å². The lowest BCUT2D eigenvalue weighted by Gasteiger charge is -2.18. The van der Waals surface area contributed by atoms with Gasteiger partial charge in [0.2, 0.25) is 5.91 Å². The Morgan fingerprint density at radius 2 is 1.22 bits per heavy atom. The Balaban J connectivity index is 1.75. The van der Waals surface area contributed by atoms with Gasteiger partial charge in [-0.05, 0) is 67.4 Å². The summed E-state index contributed by atoms with van der Waals surface area (Å²) in [6, 6.07) is 10.9. The number of amides is 1. The van der Waals surface area contributed by atoms with E-state index in [9.17, 15) is 61.8 Å². The van der Waals surface area contributed by atoms with Crippen LogP contribution >= 0.6 is 0 Å². The Labute approximate surface area is 288 Å². The summed E-state index contributed by atoms with van der Waals surface area (Å²) in [5.41, 5.74) is -1.03. The number of fused-ring (bicyclic) bond motifs is 2. The number of hydrogen-bond acceptors (Lipinski definition) is 14. The number of carbonyl (C=O) groups is 1. The lowest BCUT2D eigenvalue weighted by atomic mass is 10.0. The molecule has 4 aromatic carbocycles. The topological polar surface area (TPSA) is 316 Å². The molecular weight excluding hydrogens is 759 g/mol. The number of rotatable bonds is 9. The molecule has 0 atom stereocenters. The van der Waals surface area contributed by atoms with Gasteiger partial charge in [0.05, 0.1) is 31.8 Å². The van der Waals surface area contributed by atoms with Crippen LogP contribution in [0.5, 0.6) is 5.75 Å². The van der Waals surface area contributed by atoms with Crippen molar-refractivity contribution in [2.45, 2.75) is 34.5 Å². The van der Waals surface area contributed by atoms with Crippen molar-refractivity contribution in [1.29, 1.82) is 0 Å². The van der Waals surface area contributed by atoms with Gasteiger partial charge < -0.3 is 10.4 Å². The number of hydrogen-bond donors (Lipinski definition) is 6. The van der Waals surface area contributed by atoms with Gasteiger partial charge in [0, 0.05) is 33.8 Å². The minimum atomic E-state index is -5.31. The van der Waals surface area contributed by atoms with Crippen molar-refractivity contribution in [3.63, 3.8) is 0 Å². The van der Waals surface area contributed by atoms with Gasteiger partial charge >= 0.3 is 0 Å². The summed E-state index contributed by atoms with van der Waals surface area (Å²) in [4.78, 5) is 9.00. The molecule has 0 radical (unpaired) electrons. The van der Waals surface area contributed by atoms with Crippen molar-refractivity contribution in [3.8, 4) is 5.75 Å². The van der Waals surface area contributed by atoms with Gasteiger partial charge in [-0.3, -0.25) is 23.0 Å². The van der Waals surface area contributed by atoms with E-state index in [0.717, 1.165) is 31.2 Å². The molecule has 268 valence electrons. The largest absolute Gasteiger partial charge is 0.505 e. The summed E-state index contributed by atoms with van der Waals surface area (Å²) in [5.74, 6) is -1.72. The van der Waals surface area contributed by atoms with E-state index in [0.29, 0.717) is 6.07 Å². The lowest BCUT2D eigenvalue weighted by Crippen LogP contribution is -2.40.